The standard InChI is InChI=1S/C27H31ClN2O4S/c1-3-34-24(31)9-6-15-29(17-19-10-12-20(28)13-11-19)26(33)27(2)14-16-30(27)25(32)22-18-35-23-8-5-4-7-21(22)23/h4-5,7-8,10-13,18,21,23H,3,6,9,14-17H2,1-2H3. The van der Waals surface area contributed by atoms with E-state index >= 15 is 0 Å². The molecule has 1 fully saturated rings. The Bertz CT molecular complexity index is 1070. The van der Waals surface area contributed by atoms with Crippen molar-refractivity contribution in [1.29, 1.82) is 0 Å². The van der Waals surface area contributed by atoms with Crippen LogP contribution < -0.4 is 0 Å². The Morgan fingerprint density at radius 2 is 1.94 bits per heavy atom. The van der Waals surface area contributed by atoms with Gasteiger partial charge >= 0.3 is 5.97 Å². The summed E-state index contributed by atoms with van der Waals surface area (Å²) in [6.45, 7) is 5.30. The molecule has 0 N–H and O–H groups in total. The Balaban J connectivity index is 1.48. The number of thioether (sulfide) groups is 1. The molecule has 8 heteroatoms. The maximum Gasteiger partial charge on any atom is 0.305 e. The molecule has 0 saturated carbocycles. The van der Waals surface area contributed by atoms with Crippen LogP contribution in [0, 0.1) is 5.92 Å². The van der Waals surface area contributed by atoms with Gasteiger partial charge in [0, 0.05) is 47.8 Å². The van der Waals surface area contributed by atoms with Crippen LogP contribution in [0.25, 0.3) is 0 Å². The predicted octanol–water partition coefficient (Wildman–Crippen LogP) is 4.74. The number of fused-ring (bicyclic) bond motifs is 1. The lowest BCUT2D eigenvalue weighted by atomic mass is 9.82. The minimum Gasteiger partial charge on any atom is -0.466 e. The topological polar surface area (TPSA) is 66.9 Å². The number of esters is 1. The zero-order valence-electron chi connectivity index (χ0n) is 20.1. The third kappa shape index (κ3) is 5.51. The third-order valence-electron chi connectivity index (χ3n) is 6.85. The minimum absolute atomic E-state index is 0.0483. The molecule has 0 spiro atoms. The van der Waals surface area contributed by atoms with Crippen LogP contribution in [0.4, 0.5) is 0 Å². The van der Waals surface area contributed by atoms with Crippen molar-refractivity contribution in [3.05, 3.63) is 70.1 Å². The molecule has 0 aromatic heterocycles. The molecule has 2 heterocycles. The molecular formula is C27H31ClN2O4S. The second kappa shape index (κ2) is 11.0. The fourth-order valence-electron chi connectivity index (χ4n) is 4.73. The number of amides is 2. The minimum atomic E-state index is -0.911. The zero-order chi connectivity index (χ0) is 25.0. The van der Waals surface area contributed by atoms with E-state index in [4.69, 9.17) is 16.3 Å². The van der Waals surface area contributed by atoms with Crippen molar-refractivity contribution in [3.8, 4) is 0 Å². The summed E-state index contributed by atoms with van der Waals surface area (Å²) >= 11 is 7.69. The predicted molar refractivity (Wildman–Crippen MR) is 139 cm³/mol. The van der Waals surface area contributed by atoms with Gasteiger partial charge in [-0.2, -0.15) is 0 Å². The summed E-state index contributed by atoms with van der Waals surface area (Å²) in [4.78, 5) is 42.7. The Morgan fingerprint density at radius 3 is 2.63 bits per heavy atom. The highest BCUT2D eigenvalue weighted by Gasteiger charge is 2.52. The van der Waals surface area contributed by atoms with Crippen molar-refractivity contribution in [1.82, 2.24) is 9.80 Å². The number of nitrogens with zero attached hydrogens (tertiary/aromatic N) is 2. The number of ether oxygens (including phenoxy) is 1. The molecule has 1 aliphatic carbocycles. The summed E-state index contributed by atoms with van der Waals surface area (Å²) in [5, 5.41) is 2.82. The molecule has 186 valence electrons. The summed E-state index contributed by atoms with van der Waals surface area (Å²) in [7, 11) is 0. The normalized spacial score (nSPS) is 24.4. The number of hydrogen-bond acceptors (Lipinski definition) is 5. The van der Waals surface area contributed by atoms with Gasteiger partial charge in [0.15, 0.2) is 0 Å². The number of allylic oxidation sites excluding steroid dienone is 3. The third-order valence-corrected chi connectivity index (χ3v) is 8.26. The number of hydrogen-bond donors (Lipinski definition) is 0. The number of carbonyl (C=O) groups is 3. The summed E-state index contributed by atoms with van der Waals surface area (Å²) in [6, 6.07) is 7.38. The lowest BCUT2D eigenvalue weighted by Gasteiger charge is -2.51. The summed E-state index contributed by atoms with van der Waals surface area (Å²) in [5.74, 6) is -0.386. The first-order valence-corrected chi connectivity index (χ1v) is 13.4. The average Bonchev–Trinajstić information content (AvgIpc) is 3.27. The lowest BCUT2D eigenvalue weighted by molar-refractivity contribution is -0.162. The van der Waals surface area contributed by atoms with Gasteiger partial charge in [-0.3, -0.25) is 14.4 Å². The van der Waals surface area contributed by atoms with E-state index in [9.17, 15) is 14.4 Å². The summed E-state index contributed by atoms with van der Waals surface area (Å²) in [6.07, 6.45) is 9.51. The maximum atomic E-state index is 13.9. The fourth-order valence-corrected chi connectivity index (χ4v) is 6.01. The van der Waals surface area contributed by atoms with Crippen LogP contribution in [0.1, 0.15) is 38.7 Å². The van der Waals surface area contributed by atoms with E-state index in [0.29, 0.717) is 44.1 Å². The van der Waals surface area contributed by atoms with E-state index in [2.05, 4.69) is 12.2 Å². The second-order valence-corrected chi connectivity index (χ2v) is 10.7. The van der Waals surface area contributed by atoms with Crippen molar-refractivity contribution in [2.24, 2.45) is 5.92 Å². The fraction of sp³-hybridized carbons (Fsp3) is 0.444. The highest BCUT2D eigenvalue weighted by atomic mass is 35.5. The van der Waals surface area contributed by atoms with Crippen molar-refractivity contribution in [3.63, 3.8) is 0 Å². The molecule has 4 rings (SSSR count). The van der Waals surface area contributed by atoms with Crippen molar-refractivity contribution in [2.75, 3.05) is 19.7 Å². The van der Waals surface area contributed by atoms with E-state index < -0.39 is 5.54 Å². The SMILES string of the molecule is CCOC(=O)CCCN(Cc1ccc(Cl)cc1)C(=O)C1(C)CCN1C(=O)C1=CSC2C=CC=CC12. The molecular weight excluding hydrogens is 484 g/mol. The molecule has 0 bridgehead atoms. The van der Waals surface area contributed by atoms with Crippen LogP contribution >= 0.6 is 23.4 Å². The molecule has 1 aromatic carbocycles. The first kappa shape index (κ1) is 25.6. The number of benzene rings is 1. The molecule has 1 saturated heterocycles. The average molecular weight is 515 g/mol. The van der Waals surface area contributed by atoms with Crippen LogP contribution in [0.3, 0.4) is 0 Å². The first-order valence-electron chi connectivity index (χ1n) is 12.1. The molecule has 35 heavy (non-hydrogen) atoms. The van der Waals surface area contributed by atoms with Gasteiger partial charge in [0.2, 0.25) is 5.91 Å². The number of likely N-dealkylation sites (tertiary alicyclic amines) is 1. The highest BCUT2D eigenvalue weighted by molar-refractivity contribution is 8.03. The van der Waals surface area contributed by atoms with Gasteiger partial charge in [-0.15, -0.1) is 11.8 Å². The van der Waals surface area contributed by atoms with Crippen LogP contribution in [-0.2, 0) is 25.7 Å². The first-order chi connectivity index (χ1) is 16.8. The van der Waals surface area contributed by atoms with E-state index in [1.165, 1.54) is 0 Å². The summed E-state index contributed by atoms with van der Waals surface area (Å²) in [5.41, 5.74) is 0.785. The van der Waals surface area contributed by atoms with Gasteiger partial charge < -0.3 is 14.5 Å². The van der Waals surface area contributed by atoms with Gasteiger partial charge in [0.05, 0.1) is 6.61 Å². The Kier molecular flexibility index (Phi) is 8.07. The molecule has 0 radical (unpaired) electrons. The van der Waals surface area contributed by atoms with Gasteiger partial charge in [0.25, 0.3) is 5.91 Å². The number of halogens is 1. The van der Waals surface area contributed by atoms with Crippen LogP contribution in [0.15, 0.2) is 59.6 Å². The number of rotatable bonds is 9. The van der Waals surface area contributed by atoms with Crippen molar-refractivity contribution < 1.29 is 19.1 Å². The van der Waals surface area contributed by atoms with E-state index in [-0.39, 0.29) is 35.4 Å². The molecule has 2 amide bonds. The van der Waals surface area contributed by atoms with Crippen molar-refractivity contribution >= 4 is 41.1 Å². The Hall–Kier alpha value is -2.51. The second-order valence-electron chi connectivity index (χ2n) is 9.21. The summed E-state index contributed by atoms with van der Waals surface area (Å²) < 4.78 is 5.04. The van der Waals surface area contributed by atoms with Gasteiger partial charge in [-0.25, -0.2) is 0 Å². The number of carbonyl (C=O) groups excluding carboxylic acids is 3. The maximum absolute atomic E-state index is 13.9. The molecule has 1 aromatic rings. The Morgan fingerprint density at radius 1 is 1.20 bits per heavy atom. The quantitative estimate of drug-likeness (QED) is 0.445. The zero-order valence-corrected chi connectivity index (χ0v) is 21.7. The Labute approximate surface area is 216 Å². The molecule has 3 atom stereocenters. The monoisotopic (exact) mass is 514 g/mol. The van der Waals surface area contributed by atoms with E-state index in [0.717, 1.165) is 11.1 Å². The molecule has 2 aliphatic heterocycles. The van der Waals surface area contributed by atoms with Gasteiger partial charge in [-0.1, -0.05) is 48.0 Å². The van der Waals surface area contributed by atoms with Gasteiger partial charge in [0.1, 0.15) is 5.54 Å². The highest BCUT2D eigenvalue weighted by Crippen LogP contribution is 2.43. The molecule has 3 aliphatic rings. The van der Waals surface area contributed by atoms with Crippen LogP contribution in [-0.4, -0.2) is 58.1 Å². The van der Waals surface area contributed by atoms with Crippen LogP contribution in [0.5, 0.6) is 0 Å². The van der Waals surface area contributed by atoms with Gasteiger partial charge in [-0.05, 0) is 49.8 Å². The lowest BCUT2D eigenvalue weighted by Crippen LogP contribution is -2.68. The van der Waals surface area contributed by atoms with E-state index in [1.807, 2.05) is 36.6 Å². The van der Waals surface area contributed by atoms with E-state index in [1.54, 1.807) is 40.6 Å². The smallest absolute Gasteiger partial charge is 0.305 e. The molecule has 6 nitrogen and oxygen atoms in total. The van der Waals surface area contributed by atoms with Crippen LogP contribution in [0.2, 0.25) is 5.02 Å². The largest absolute Gasteiger partial charge is 0.466 e. The molecule has 3 unspecified atom stereocenters. The van der Waals surface area contributed by atoms with Crippen molar-refractivity contribution in [2.45, 2.75) is 50.4 Å².